The van der Waals surface area contributed by atoms with Crippen LogP contribution in [0.3, 0.4) is 0 Å². The van der Waals surface area contributed by atoms with Crippen molar-refractivity contribution in [3.05, 3.63) is 28.8 Å². The summed E-state index contributed by atoms with van der Waals surface area (Å²) in [5, 5.41) is 4.07. The first-order valence-corrected chi connectivity index (χ1v) is 5.55. The molecule has 0 spiro atoms. The second-order valence-electron chi connectivity index (χ2n) is 3.73. The Morgan fingerprint density at radius 1 is 1.50 bits per heavy atom. The van der Waals surface area contributed by atoms with E-state index >= 15 is 0 Å². The van der Waals surface area contributed by atoms with Crippen LogP contribution in [0.5, 0.6) is 0 Å². The topological polar surface area (TPSA) is 12.0 Å². The molecule has 0 fully saturated rings. The fraction of sp³-hybridized carbons (Fsp3) is 0.364. The third kappa shape index (κ3) is 1.91. The lowest BCUT2D eigenvalue weighted by Gasteiger charge is -2.09. The summed E-state index contributed by atoms with van der Waals surface area (Å²) < 4.78 is 0. The summed E-state index contributed by atoms with van der Waals surface area (Å²) in [5.74, 6) is 0.455. The molecule has 3 heteroatoms. The van der Waals surface area contributed by atoms with Crippen LogP contribution in [0.25, 0.3) is 0 Å². The molecule has 14 heavy (non-hydrogen) atoms. The standard InChI is InChI=1S/C11H12ClNS/c1-7-2-3-8-6-9(12)4-5-10(8)13-11(7)14/h4-7H,2-3H2,1H3,(H,13,14). The molecule has 1 nitrogen and oxygen atoms in total. The van der Waals surface area contributed by atoms with E-state index in [0.29, 0.717) is 5.92 Å². The zero-order valence-electron chi connectivity index (χ0n) is 8.01. The van der Waals surface area contributed by atoms with Gasteiger partial charge in [-0.05, 0) is 36.6 Å². The Balaban J connectivity index is 2.37. The highest BCUT2D eigenvalue weighted by Crippen LogP contribution is 2.27. The number of aryl methyl sites for hydroxylation is 1. The van der Waals surface area contributed by atoms with Crippen LogP contribution in [-0.2, 0) is 6.42 Å². The summed E-state index contributed by atoms with van der Waals surface area (Å²) in [5.41, 5.74) is 2.38. The third-order valence-corrected chi connectivity index (χ3v) is 3.36. The molecule has 0 aromatic heterocycles. The average Bonchev–Trinajstić information content (AvgIpc) is 2.29. The van der Waals surface area contributed by atoms with Crippen molar-refractivity contribution in [3.8, 4) is 0 Å². The Kier molecular flexibility index (Phi) is 2.75. The molecule has 1 aromatic rings. The fourth-order valence-electron chi connectivity index (χ4n) is 1.65. The predicted octanol–water partition coefficient (Wildman–Crippen LogP) is 3.66. The molecular weight excluding hydrogens is 214 g/mol. The van der Waals surface area contributed by atoms with Gasteiger partial charge < -0.3 is 5.32 Å². The Hall–Kier alpha value is -0.600. The van der Waals surface area contributed by atoms with Crippen molar-refractivity contribution < 1.29 is 0 Å². The number of halogens is 1. The van der Waals surface area contributed by atoms with Gasteiger partial charge in [0.25, 0.3) is 0 Å². The molecule has 74 valence electrons. The van der Waals surface area contributed by atoms with Crippen LogP contribution >= 0.6 is 23.8 Å². The van der Waals surface area contributed by atoms with E-state index in [1.54, 1.807) is 0 Å². The summed E-state index contributed by atoms with van der Waals surface area (Å²) in [7, 11) is 0. The largest absolute Gasteiger partial charge is 0.350 e. The molecule has 0 saturated heterocycles. The van der Waals surface area contributed by atoms with E-state index in [-0.39, 0.29) is 0 Å². The normalized spacial score (nSPS) is 21.0. The monoisotopic (exact) mass is 225 g/mol. The van der Waals surface area contributed by atoms with Crippen molar-refractivity contribution >= 4 is 34.5 Å². The quantitative estimate of drug-likeness (QED) is 0.677. The molecule has 0 amide bonds. The summed E-state index contributed by atoms with van der Waals surface area (Å²) in [4.78, 5) is 0.936. The van der Waals surface area contributed by atoms with Crippen LogP contribution in [-0.4, -0.2) is 4.99 Å². The Morgan fingerprint density at radius 2 is 2.29 bits per heavy atom. The van der Waals surface area contributed by atoms with E-state index in [4.69, 9.17) is 23.8 Å². The van der Waals surface area contributed by atoms with Gasteiger partial charge in [0, 0.05) is 16.6 Å². The van der Waals surface area contributed by atoms with Gasteiger partial charge >= 0.3 is 0 Å². The number of anilines is 1. The molecule has 1 atom stereocenters. The molecule has 2 rings (SSSR count). The first-order chi connectivity index (χ1) is 6.66. The van der Waals surface area contributed by atoms with Gasteiger partial charge in [-0.15, -0.1) is 0 Å². The van der Waals surface area contributed by atoms with E-state index in [1.165, 1.54) is 5.56 Å². The molecule has 1 unspecified atom stereocenters. The highest BCUT2D eigenvalue weighted by molar-refractivity contribution is 7.80. The first kappa shape index (κ1) is 9.94. The highest BCUT2D eigenvalue weighted by Gasteiger charge is 2.16. The van der Waals surface area contributed by atoms with Crippen molar-refractivity contribution in [3.63, 3.8) is 0 Å². The Morgan fingerprint density at radius 3 is 3.07 bits per heavy atom. The van der Waals surface area contributed by atoms with Crippen LogP contribution in [0, 0.1) is 5.92 Å². The van der Waals surface area contributed by atoms with Gasteiger partial charge in [0.1, 0.15) is 0 Å². The number of fused-ring (bicyclic) bond motifs is 1. The number of hydrogen-bond donors (Lipinski definition) is 1. The van der Waals surface area contributed by atoms with Gasteiger partial charge in [-0.2, -0.15) is 0 Å². The lowest BCUT2D eigenvalue weighted by atomic mass is 10.0. The zero-order valence-corrected chi connectivity index (χ0v) is 9.58. The minimum atomic E-state index is 0.455. The smallest absolute Gasteiger partial charge is 0.0826 e. The zero-order chi connectivity index (χ0) is 10.1. The summed E-state index contributed by atoms with van der Waals surface area (Å²) in [6.45, 7) is 2.16. The minimum absolute atomic E-state index is 0.455. The molecule has 1 heterocycles. The number of nitrogens with one attached hydrogen (secondary N) is 1. The van der Waals surface area contributed by atoms with Crippen LogP contribution in [0.4, 0.5) is 5.69 Å². The molecule has 0 saturated carbocycles. The predicted molar refractivity (Wildman–Crippen MR) is 65.2 cm³/mol. The lowest BCUT2D eigenvalue weighted by molar-refractivity contribution is 0.697. The lowest BCUT2D eigenvalue weighted by Crippen LogP contribution is -2.15. The van der Waals surface area contributed by atoms with E-state index < -0.39 is 0 Å². The van der Waals surface area contributed by atoms with Gasteiger partial charge in [-0.3, -0.25) is 0 Å². The summed E-state index contributed by atoms with van der Waals surface area (Å²) in [6, 6.07) is 5.92. The molecule has 0 radical (unpaired) electrons. The van der Waals surface area contributed by atoms with Crippen molar-refractivity contribution in [1.29, 1.82) is 0 Å². The molecule has 0 bridgehead atoms. The number of thiocarbonyl (C=S) groups is 1. The van der Waals surface area contributed by atoms with Crippen molar-refractivity contribution in [2.45, 2.75) is 19.8 Å². The maximum atomic E-state index is 5.94. The average molecular weight is 226 g/mol. The Bertz CT molecular complexity index is 376. The van der Waals surface area contributed by atoms with Gasteiger partial charge in [0.05, 0.1) is 4.99 Å². The summed E-state index contributed by atoms with van der Waals surface area (Å²) >= 11 is 11.2. The van der Waals surface area contributed by atoms with E-state index in [2.05, 4.69) is 12.2 Å². The van der Waals surface area contributed by atoms with E-state index in [9.17, 15) is 0 Å². The fourth-order valence-corrected chi connectivity index (χ4v) is 2.07. The first-order valence-electron chi connectivity index (χ1n) is 4.76. The molecule has 1 N–H and O–H groups in total. The van der Waals surface area contributed by atoms with Crippen LogP contribution in [0.2, 0.25) is 5.02 Å². The molecule has 0 aliphatic carbocycles. The summed E-state index contributed by atoms with van der Waals surface area (Å²) in [6.07, 6.45) is 2.14. The number of rotatable bonds is 0. The number of hydrogen-bond acceptors (Lipinski definition) is 1. The van der Waals surface area contributed by atoms with Crippen molar-refractivity contribution in [2.75, 3.05) is 5.32 Å². The van der Waals surface area contributed by atoms with Gasteiger partial charge in [-0.1, -0.05) is 30.7 Å². The molecular formula is C11H12ClNS. The molecule has 1 aromatic carbocycles. The van der Waals surface area contributed by atoms with Crippen molar-refractivity contribution in [2.24, 2.45) is 5.92 Å². The Labute approximate surface area is 94.5 Å². The second-order valence-corrected chi connectivity index (χ2v) is 4.61. The van der Waals surface area contributed by atoms with E-state index in [1.807, 2.05) is 18.2 Å². The maximum Gasteiger partial charge on any atom is 0.0826 e. The van der Waals surface area contributed by atoms with Gasteiger partial charge in [0.2, 0.25) is 0 Å². The third-order valence-electron chi connectivity index (χ3n) is 2.62. The van der Waals surface area contributed by atoms with Crippen LogP contribution < -0.4 is 5.32 Å². The second kappa shape index (κ2) is 3.87. The van der Waals surface area contributed by atoms with E-state index in [0.717, 1.165) is 28.5 Å². The molecule has 1 aliphatic rings. The minimum Gasteiger partial charge on any atom is -0.350 e. The maximum absolute atomic E-state index is 5.94. The molecule has 1 aliphatic heterocycles. The van der Waals surface area contributed by atoms with Gasteiger partial charge in [-0.25, -0.2) is 0 Å². The number of benzene rings is 1. The SMILES string of the molecule is CC1CCc2cc(Cl)ccc2NC1=S. The van der Waals surface area contributed by atoms with Gasteiger partial charge in [0.15, 0.2) is 0 Å². The van der Waals surface area contributed by atoms with Crippen molar-refractivity contribution in [1.82, 2.24) is 0 Å². The highest BCUT2D eigenvalue weighted by atomic mass is 35.5. The van der Waals surface area contributed by atoms with Crippen LogP contribution in [0.1, 0.15) is 18.9 Å². The van der Waals surface area contributed by atoms with Crippen LogP contribution in [0.15, 0.2) is 18.2 Å².